The predicted molar refractivity (Wildman–Crippen MR) is 78.3 cm³/mol. The van der Waals surface area contributed by atoms with Crippen molar-refractivity contribution in [2.24, 2.45) is 0 Å². The number of nitrogens with zero attached hydrogens (tertiary/aromatic N) is 2. The molecule has 0 atom stereocenters. The fourth-order valence-corrected chi connectivity index (χ4v) is 2.21. The molecule has 1 fully saturated rings. The SMILES string of the molecule is CCNc1cc(-c2cccc(C)c2)nc(C2CC2)n1. The Hall–Kier alpha value is -1.90. The molecule has 3 heteroatoms. The summed E-state index contributed by atoms with van der Waals surface area (Å²) in [6, 6.07) is 10.5. The minimum atomic E-state index is 0.571. The summed E-state index contributed by atoms with van der Waals surface area (Å²) < 4.78 is 0. The van der Waals surface area contributed by atoms with Crippen molar-refractivity contribution in [1.29, 1.82) is 0 Å². The van der Waals surface area contributed by atoms with E-state index in [2.05, 4.69) is 48.4 Å². The Morgan fingerprint density at radius 1 is 1.21 bits per heavy atom. The Morgan fingerprint density at radius 2 is 2.05 bits per heavy atom. The summed E-state index contributed by atoms with van der Waals surface area (Å²) in [5, 5.41) is 3.30. The lowest BCUT2D eigenvalue weighted by molar-refractivity contribution is 0.927. The lowest BCUT2D eigenvalue weighted by Gasteiger charge is -2.09. The van der Waals surface area contributed by atoms with Gasteiger partial charge in [-0.25, -0.2) is 9.97 Å². The molecule has 1 aliphatic carbocycles. The number of nitrogens with one attached hydrogen (secondary N) is 1. The molecule has 0 spiro atoms. The van der Waals surface area contributed by atoms with E-state index in [1.807, 2.05) is 6.07 Å². The second-order valence-electron chi connectivity index (χ2n) is 5.17. The van der Waals surface area contributed by atoms with Gasteiger partial charge in [0.2, 0.25) is 0 Å². The van der Waals surface area contributed by atoms with Crippen LogP contribution in [0.4, 0.5) is 5.82 Å². The third-order valence-electron chi connectivity index (χ3n) is 3.36. The summed E-state index contributed by atoms with van der Waals surface area (Å²) in [6.07, 6.45) is 2.45. The second-order valence-corrected chi connectivity index (χ2v) is 5.17. The molecule has 0 saturated heterocycles. The van der Waals surface area contributed by atoms with Crippen LogP contribution in [0.2, 0.25) is 0 Å². The van der Waals surface area contributed by atoms with Crippen molar-refractivity contribution >= 4 is 5.82 Å². The molecule has 1 heterocycles. The van der Waals surface area contributed by atoms with Crippen LogP contribution in [0.15, 0.2) is 30.3 Å². The van der Waals surface area contributed by atoms with Gasteiger partial charge in [-0.3, -0.25) is 0 Å². The molecule has 3 nitrogen and oxygen atoms in total. The molecule has 2 aromatic rings. The molecule has 0 radical (unpaired) electrons. The summed E-state index contributed by atoms with van der Waals surface area (Å²) in [6.45, 7) is 5.08. The number of benzene rings is 1. The van der Waals surface area contributed by atoms with Crippen LogP contribution in [0, 0.1) is 6.92 Å². The van der Waals surface area contributed by atoms with Gasteiger partial charge in [-0.2, -0.15) is 0 Å². The van der Waals surface area contributed by atoms with Crippen LogP contribution < -0.4 is 5.32 Å². The number of aromatic nitrogens is 2. The van der Waals surface area contributed by atoms with Crippen LogP contribution in [-0.4, -0.2) is 16.5 Å². The zero-order valence-electron chi connectivity index (χ0n) is 11.5. The van der Waals surface area contributed by atoms with Crippen molar-refractivity contribution in [2.75, 3.05) is 11.9 Å². The Labute approximate surface area is 114 Å². The summed E-state index contributed by atoms with van der Waals surface area (Å²) in [4.78, 5) is 9.35. The fraction of sp³-hybridized carbons (Fsp3) is 0.375. The Balaban J connectivity index is 2.03. The maximum atomic E-state index is 4.74. The van der Waals surface area contributed by atoms with Gasteiger partial charge in [-0.15, -0.1) is 0 Å². The highest BCUT2D eigenvalue weighted by Gasteiger charge is 2.27. The van der Waals surface area contributed by atoms with Gasteiger partial charge in [0.1, 0.15) is 11.6 Å². The average Bonchev–Trinajstić information content (AvgIpc) is 3.23. The van der Waals surface area contributed by atoms with E-state index in [-0.39, 0.29) is 0 Å². The summed E-state index contributed by atoms with van der Waals surface area (Å²) in [7, 11) is 0. The van der Waals surface area contributed by atoms with E-state index in [0.29, 0.717) is 5.92 Å². The lowest BCUT2D eigenvalue weighted by Crippen LogP contribution is -2.04. The van der Waals surface area contributed by atoms with Crippen LogP contribution in [0.5, 0.6) is 0 Å². The molecular formula is C16H19N3. The molecule has 1 aromatic heterocycles. The largest absolute Gasteiger partial charge is 0.370 e. The van der Waals surface area contributed by atoms with Crippen molar-refractivity contribution in [3.8, 4) is 11.3 Å². The summed E-state index contributed by atoms with van der Waals surface area (Å²) in [5.41, 5.74) is 3.45. The molecule has 1 N–H and O–H groups in total. The Bertz CT molecular complexity index is 588. The highest BCUT2D eigenvalue weighted by Crippen LogP contribution is 2.39. The fourth-order valence-electron chi connectivity index (χ4n) is 2.21. The van der Waals surface area contributed by atoms with Gasteiger partial charge in [-0.05, 0) is 32.8 Å². The minimum absolute atomic E-state index is 0.571. The summed E-state index contributed by atoms with van der Waals surface area (Å²) >= 11 is 0. The van der Waals surface area contributed by atoms with E-state index >= 15 is 0 Å². The van der Waals surface area contributed by atoms with Crippen LogP contribution in [0.25, 0.3) is 11.3 Å². The van der Waals surface area contributed by atoms with Crippen molar-refractivity contribution in [3.05, 3.63) is 41.7 Å². The molecule has 1 saturated carbocycles. The maximum absolute atomic E-state index is 4.74. The quantitative estimate of drug-likeness (QED) is 0.901. The van der Waals surface area contributed by atoms with Gasteiger partial charge >= 0.3 is 0 Å². The molecule has 0 aliphatic heterocycles. The van der Waals surface area contributed by atoms with E-state index in [1.54, 1.807) is 0 Å². The highest BCUT2D eigenvalue weighted by atomic mass is 15.0. The maximum Gasteiger partial charge on any atom is 0.134 e. The molecule has 3 rings (SSSR count). The molecule has 1 aliphatic rings. The van der Waals surface area contributed by atoms with Crippen molar-refractivity contribution in [2.45, 2.75) is 32.6 Å². The Morgan fingerprint density at radius 3 is 2.74 bits per heavy atom. The predicted octanol–water partition coefficient (Wildman–Crippen LogP) is 3.76. The van der Waals surface area contributed by atoms with E-state index in [0.717, 1.165) is 23.9 Å². The second kappa shape index (κ2) is 5.00. The van der Waals surface area contributed by atoms with E-state index in [4.69, 9.17) is 4.98 Å². The first-order valence-electron chi connectivity index (χ1n) is 6.96. The monoisotopic (exact) mass is 253 g/mol. The van der Waals surface area contributed by atoms with Crippen LogP contribution in [0.1, 0.15) is 37.1 Å². The molecule has 0 unspecified atom stereocenters. The van der Waals surface area contributed by atoms with Crippen LogP contribution in [0.3, 0.4) is 0 Å². The van der Waals surface area contributed by atoms with Crippen molar-refractivity contribution < 1.29 is 0 Å². The third-order valence-corrected chi connectivity index (χ3v) is 3.36. The van der Waals surface area contributed by atoms with Gasteiger partial charge in [0.15, 0.2) is 0 Å². The smallest absolute Gasteiger partial charge is 0.134 e. The lowest BCUT2D eigenvalue weighted by atomic mass is 10.1. The number of rotatable bonds is 4. The summed E-state index contributed by atoms with van der Waals surface area (Å²) in [5.74, 6) is 2.51. The van der Waals surface area contributed by atoms with Gasteiger partial charge < -0.3 is 5.32 Å². The van der Waals surface area contributed by atoms with Crippen LogP contribution >= 0.6 is 0 Å². The van der Waals surface area contributed by atoms with Gasteiger partial charge in [0.25, 0.3) is 0 Å². The molecule has 1 aromatic carbocycles. The zero-order chi connectivity index (χ0) is 13.2. The topological polar surface area (TPSA) is 37.8 Å². The molecule has 0 amide bonds. The highest BCUT2D eigenvalue weighted by molar-refractivity contribution is 5.63. The number of anilines is 1. The first kappa shape index (κ1) is 12.2. The molecule has 0 bridgehead atoms. The van der Waals surface area contributed by atoms with Crippen molar-refractivity contribution in [1.82, 2.24) is 9.97 Å². The molecular weight excluding hydrogens is 234 g/mol. The first-order valence-corrected chi connectivity index (χ1v) is 6.96. The number of hydrogen-bond acceptors (Lipinski definition) is 3. The van der Waals surface area contributed by atoms with E-state index in [1.165, 1.54) is 24.0 Å². The zero-order valence-corrected chi connectivity index (χ0v) is 11.5. The number of hydrogen-bond donors (Lipinski definition) is 1. The van der Waals surface area contributed by atoms with Gasteiger partial charge in [0, 0.05) is 24.1 Å². The Kier molecular flexibility index (Phi) is 3.20. The average molecular weight is 253 g/mol. The van der Waals surface area contributed by atoms with Crippen LogP contribution in [-0.2, 0) is 0 Å². The third kappa shape index (κ3) is 2.75. The normalized spacial score (nSPS) is 14.4. The van der Waals surface area contributed by atoms with Crippen molar-refractivity contribution in [3.63, 3.8) is 0 Å². The molecule has 19 heavy (non-hydrogen) atoms. The van der Waals surface area contributed by atoms with Gasteiger partial charge in [-0.1, -0.05) is 23.8 Å². The standard InChI is InChI=1S/C16H19N3/c1-3-17-15-10-14(13-6-4-5-11(2)9-13)18-16(19-15)12-7-8-12/h4-6,9-10,12H,3,7-8H2,1-2H3,(H,17,18,19). The molecule has 98 valence electrons. The van der Waals surface area contributed by atoms with E-state index in [9.17, 15) is 0 Å². The first-order chi connectivity index (χ1) is 9.26. The minimum Gasteiger partial charge on any atom is -0.370 e. The van der Waals surface area contributed by atoms with E-state index < -0.39 is 0 Å². The number of aryl methyl sites for hydroxylation is 1. The van der Waals surface area contributed by atoms with Gasteiger partial charge in [0.05, 0.1) is 5.69 Å².